The molecule has 6 heteroatoms. The summed E-state index contributed by atoms with van der Waals surface area (Å²) in [6.07, 6.45) is 0. The van der Waals surface area contributed by atoms with Crippen molar-refractivity contribution < 1.29 is 14.6 Å². The number of rotatable bonds is 7. The molecule has 1 rings (SSSR count). The number of nitrogens with zero attached hydrogens (tertiary/aromatic N) is 1. The fraction of sp³-hybridized carbons (Fsp3) is 0.500. The maximum absolute atomic E-state index is 12.1. The lowest BCUT2D eigenvalue weighted by Gasteiger charge is -2.24. The first-order valence-corrected chi connectivity index (χ1v) is 6.56. The van der Waals surface area contributed by atoms with Crippen molar-refractivity contribution in [1.29, 1.82) is 0 Å². The number of hydrogen-bond acceptors (Lipinski definition) is 5. The molecule has 0 heterocycles. The van der Waals surface area contributed by atoms with Crippen LogP contribution in [0.5, 0.6) is 5.75 Å². The van der Waals surface area contributed by atoms with Gasteiger partial charge >= 0.3 is 0 Å². The van der Waals surface area contributed by atoms with Crippen molar-refractivity contribution in [3.05, 3.63) is 18.2 Å². The second kappa shape index (κ2) is 7.72. The van der Waals surface area contributed by atoms with Gasteiger partial charge in [0.05, 0.1) is 25.9 Å². The summed E-state index contributed by atoms with van der Waals surface area (Å²) in [5.41, 5.74) is 6.80. The molecule has 0 saturated heterocycles. The maximum atomic E-state index is 12.1. The van der Waals surface area contributed by atoms with Crippen LogP contribution in [-0.2, 0) is 4.79 Å². The predicted octanol–water partition coefficient (Wildman–Crippen LogP) is 0.919. The van der Waals surface area contributed by atoms with E-state index in [-0.39, 0.29) is 25.1 Å². The van der Waals surface area contributed by atoms with E-state index >= 15 is 0 Å². The minimum absolute atomic E-state index is 0.0209. The van der Waals surface area contributed by atoms with Crippen LogP contribution < -0.4 is 15.8 Å². The van der Waals surface area contributed by atoms with Crippen LogP contribution in [0, 0.1) is 0 Å². The van der Waals surface area contributed by atoms with Gasteiger partial charge in [-0.25, -0.2) is 0 Å². The summed E-state index contributed by atoms with van der Waals surface area (Å²) in [6, 6.07) is 5.25. The fourth-order valence-electron chi connectivity index (χ4n) is 1.85. The minimum atomic E-state index is -0.170. The maximum Gasteiger partial charge on any atom is 0.238 e. The summed E-state index contributed by atoms with van der Waals surface area (Å²) in [7, 11) is 1.54. The normalized spacial score (nSPS) is 10.9. The van der Waals surface area contributed by atoms with Crippen molar-refractivity contribution in [2.24, 2.45) is 0 Å². The Morgan fingerprint density at radius 1 is 1.50 bits per heavy atom. The molecule has 0 atom stereocenters. The van der Waals surface area contributed by atoms with E-state index < -0.39 is 0 Å². The molecule has 0 aromatic heterocycles. The number of benzene rings is 1. The molecule has 0 fully saturated rings. The number of carbonyl (C=O) groups excluding carboxylic acids is 1. The zero-order valence-electron chi connectivity index (χ0n) is 12.2. The number of methoxy groups -OCH3 is 1. The van der Waals surface area contributed by atoms with Crippen molar-refractivity contribution >= 4 is 17.3 Å². The Morgan fingerprint density at radius 3 is 2.75 bits per heavy atom. The Morgan fingerprint density at radius 2 is 2.20 bits per heavy atom. The second-order valence-electron chi connectivity index (χ2n) is 4.80. The average Bonchev–Trinajstić information content (AvgIpc) is 2.38. The summed E-state index contributed by atoms with van der Waals surface area (Å²) in [4.78, 5) is 13.9. The highest BCUT2D eigenvalue weighted by molar-refractivity contribution is 5.94. The van der Waals surface area contributed by atoms with Crippen LogP contribution >= 0.6 is 0 Å². The first-order valence-electron chi connectivity index (χ1n) is 6.56. The van der Waals surface area contributed by atoms with Gasteiger partial charge in [0, 0.05) is 18.3 Å². The Bertz CT molecular complexity index is 449. The van der Waals surface area contributed by atoms with E-state index in [1.807, 2.05) is 18.7 Å². The number of aliphatic hydroxyl groups excluding tert-OH is 1. The molecule has 0 unspecified atom stereocenters. The quantitative estimate of drug-likeness (QED) is 0.647. The van der Waals surface area contributed by atoms with E-state index in [9.17, 15) is 4.79 Å². The van der Waals surface area contributed by atoms with Crippen LogP contribution in [0.1, 0.15) is 13.8 Å². The summed E-state index contributed by atoms with van der Waals surface area (Å²) >= 11 is 0. The third-order valence-corrected chi connectivity index (χ3v) is 2.96. The molecule has 1 aromatic carbocycles. The van der Waals surface area contributed by atoms with Gasteiger partial charge in [-0.15, -0.1) is 0 Å². The lowest BCUT2D eigenvalue weighted by atomic mass is 10.2. The smallest absolute Gasteiger partial charge is 0.238 e. The number of nitrogens with two attached hydrogens (primary N) is 1. The van der Waals surface area contributed by atoms with Gasteiger partial charge in [-0.3, -0.25) is 9.69 Å². The Hall–Kier alpha value is -1.79. The highest BCUT2D eigenvalue weighted by atomic mass is 16.5. The number of hydrogen-bond donors (Lipinski definition) is 3. The van der Waals surface area contributed by atoms with Crippen LogP contribution in [0.25, 0.3) is 0 Å². The molecule has 6 nitrogen and oxygen atoms in total. The molecule has 0 aliphatic carbocycles. The standard InChI is InChI=1S/C14H23N3O3/c1-10(2)17(6-7-18)9-14(19)16-12-8-11(15)4-5-13(12)20-3/h4-5,8,10,18H,6-7,9,15H2,1-3H3,(H,16,19). The number of nitrogens with one attached hydrogen (secondary N) is 1. The third kappa shape index (κ3) is 4.71. The molecule has 0 saturated carbocycles. The van der Waals surface area contributed by atoms with E-state index in [0.717, 1.165) is 0 Å². The van der Waals surface area contributed by atoms with Crippen molar-refractivity contribution in [3.63, 3.8) is 0 Å². The Balaban J connectivity index is 2.72. The Kier molecular flexibility index (Phi) is 6.27. The molecule has 20 heavy (non-hydrogen) atoms. The van der Waals surface area contributed by atoms with Crippen molar-refractivity contribution in [2.75, 3.05) is 37.9 Å². The largest absolute Gasteiger partial charge is 0.495 e. The molecule has 1 amide bonds. The molecule has 112 valence electrons. The van der Waals surface area contributed by atoms with Gasteiger partial charge < -0.3 is 20.9 Å². The highest BCUT2D eigenvalue weighted by Crippen LogP contribution is 2.26. The summed E-state index contributed by atoms with van der Waals surface area (Å²) in [5, 5.41) is 11.8. The number of carbonyl (C=O) groups is 1. The van der Waals surface area contributed by atoms with Gasteiger partial charge in [-0.1, -0.05) is 0 Å². The Labute approximate surface area is 119 Å². The predicted molar refractivity (Wildman–Crippen MR) is 79.8 cm³/mol. The fourth-order valence-corrected chi connectivity index (χ4v) is 1.85. The first-order chi connectivity index (χ1) is 9.47. The van der Waals surface area contributed by atoms with Crippen molar-refractivity contribution in [3.8, 4) is 5.75 Å². The van der Waals surface area contributed by atoms with Crippen molar-refractivity contribution in [2.45, 2.75) is 19.9 Å². The van der Waals surface area contributed by atoms with Crippen LogP contribution in [0.15, 0.2) is 18.2 Å². The van der Waals surface area contributed by atoms with Crippen LogP contribution in [-0.4, -0.2) is 48.8 Å². The molecule has 4 N–H and O–H groups in total. The topological polar surface area (TPSA) is 87.8 Å². The van der Waals surface area contributed by atoms with E-state index in [1.54, 1.807) is 18.2 Å². The van der Waals surface area contributed by atoms with Crippen LogP contribution in [0.2, 0.25) is 0 Å². The zero-order chi connectivity index (χ0) is 15.1. The molecular formula is C14H23N3O3. The lowest BCUT2D eigenvalue weighted by Crippen LogP contribution is -2.39. The van der Waals surface area contributed by atoms with Gasteiger partial charge in [-0.05, 0) is 32.0 Å². The molecular weight excluding hydrogens is 258 g/mol. The molecule has 0 aliphatic rings. The number of ether oxygens (including phenoxy) is 1. The summed E-state index contributed by atoms with van der Waals surface area (Å²) in [5.74, 6) is 0.391. The zero-order valence-corrected chi connectivity index (χ0v) is 12.2. The summed E-state index contributed by atoms with van der Waals surface area (Å²) < 4.78 is 5.18. The van der Waals surface area contributed by atoms with E-state index in [1.165, 1.54) is 7.11 Å². The SMILES string of the molecule is COc1ccc(N)cc1NC(=O)CN(CCO)C(C)C. The van der Waals surface area contributed by atoms with Gasteiger partial charge in [0.25, 0.3) is 0 Å². The monoisotopic (exact) mass is 281 g/mol. The van der Waals surface area contributed by atoms with Crippen LogP contribution in [0.3, 0.4) is 0 Å². The van der Waals surface area contributed by atoms with E-state index in [2.05, 4.69) is 5.32 Å². The molecule has 1 aromatic rings. The van der Waals surface area contributed by atoms with Gasteiger partial charge in [-0.2, -0.15) is 0 Å². The van der Waals surface area contributed by atoms with Crippen molar-refractivity contribution in [1.82, 2.24) is 4.90 Å². The number of anilines is 2. The summed E-state index contributed by atoms with van der Waals surface area (Å²) in [6.45, 7) is 4.64. The first kappa shape index (κ1) is 16.3. The van der Waals surface area contributed by atoms with Gasteiger partial charge in [0.15, 0.2) is 0 Å². The number of nitrogen functional groups attached to an aromatic ring is 1. The van der Waals surface area contributed by atoms with E-state index in [4.69, 9.17) is 15.6 Å². The highest BCUT2D eigenvalue weighted by Gasteiger charge is 2.15. The molecule has 0 aliphatic heterocycles. The molecule has 0 radical (unpaired) electrons. The third-order valence-electron chi connectivity index (χ3n) is 2.96. The molecule has 0 bridgehead atoms. The second-order valence-corrected chi connectivity index (χ2v) is 4.80. The molecule has 0 spiro atoms. The number of amides is 1. The van der Waals surface area contributed by atoms with Crippen LogP contribution in [0.4, 0.5) is 11.4 Å². The minimum Gasteiger partial charge on any atom is -0.495 e. The van der Waals surface area contributed by atoms with E-state index in [0.29, 0.717) is 23.7 Å². The number of aliphatic hydroxyl groups is 1. The van der Waals surface area contributed by atoms with Gasteiger partial charge in [0.2, 0.25) is 5.91 Å². The lowest BCUT2D eigenvalue weighted by molar-refractivity contribution is -0.117. The van der Waals surface area contributed by atoms with Gasteiger partial charge in [0.1, 0.15) is 5.75 Å². The average molecular weight is 281 g/mol.